The molecule has 17 heavy (non-hydrogen) atoms. The number of pyridine rings is 1. The fourth-order valence-corrected chi connectivity index (χ4v) is 2.68. The Bertz CT molecular complexity index is 551. The minimum Gasteiger partial charge on any atom is -0.306 e. The van der Waals surface area contributed by atoms with Crippen molar-refractivity contribution in [3.05, 3.63) is 44.2 Å². The first-order valence-electron chi connectivity index (χ1n) is 4.75. The molecule has 3 nitrogen and oxygen atoms in total. The van der Waals surface area contributed by atoms with Crippen molar-refractivity contribution < 1.29 is 4.79 Å². The van der Waals surface area contributed by atoms with Gasteiger partial charge in [-0.3, -0.25) is 4.79 Å². The van der Waals surface area contributed by atoms with Crippen molar-refractivity contribution >= 4 is 46.3 Å². The van der Waals surface area contributed by atoms with Crippen LogP contribution in [0, 0.1) is 6.92 Å². The van der Waals surface area contributed by atoms with Crippen LogP contribution in [0.2, 0.25) is 8.67 Å². The summed E-state index contributed by atoms with van der Waals surface area (Å²) < 4.78 is 0.858. The van der Waals surface area contributed by atoms with Gasteiger partial charge >= 0.3 is 0 Å². The van der Waals surface area contributed by atoms with Gasteiger partial charge in [0.25, 0.3) is 5.91 Å². The highest BCUT2D eigenvalue weighted by molar-refractivity contribution is 7.20. The highest BCUT2D eigenvalue weighted by Crippen LogP contribution is 2.31. The summed E-state index contributed by atoms with van der Waals surface area (Å²) in [4.78, 5) is 15.9. The zero-order chi connectivity index (χ0) is 12.4. The summed E-state index contributed by atoms with van der Waals surface area (Å²) in [6.45, 7) is 1.92. The summed E-state index contributed by atoms with van der Waals surface area (Å²) in [5, 5.41) is 2.65. The number of hydrogen-bond acceptors (Lipinski definition) is 3. The molecule has 1 N–H and O–H groups in total. The number of rotatable bonds is 2. The Labute approximate surface area is 112 Å². The second kappa shape index (κ2) is 5.04. The molecule has 0 aliphatic heterocycles. The average molecular weight is 287 g/mol. The minimum atomic E-state index is -0.311. The Morgan fingerprint density at radius 1 is 1.41 bits per heavy atom. The molecular weight excluding hydrogens is 279 g/mol. The van der Waals surface area contributed by atoms with E-state index in [1.807, 2.05) is 13.0 Å². The Balaban J connectivity index is 2.17. The maximum Gasteiger partial charge on any atom is 0.259 e. The number of carbonyl (C=O) groups is 1. The Morgan fingerprint density at radius 3 is 2.71 bits per heavy atom. The number of halogens is 2. The zero-order valence-corrected chi connectivity index (χ0v) is 11.2. The Kier molecular flexibility index (Phi) is 3.66. The van der Waals surface area contributed by atoms with Gasteiger partial charge < -0.3 is 5.32 Å². The molecule has 0 saturated heterocycles. The molecule has 0 bridgehead atoms. The third-order valence-electron chi connectivity index (χ3n) is 2.05. The summed E-state index contributed by atoms with van der Waals surface area (Å²) in [7, 11) is 0. The number of nitrogens with zero attached hydrogens (tertiary/aromatic N) is 1. The van der Waals surface area contributed by atoms with Crippen LogP contribution in [0.4, 0.5) is 5.82 Å². The molecule has 0 aliphatic carbocycles. The maximum atomic E-state index is 11.8. The van der Waals surface area contributed by atoms with Gasteiger partial charge in [-0.2, -0.15) is 0 Å². The van der Waals surface area contributed by atoms with Crippen molar-refractivity contribution in [2.75, 3.05) is 5.32 Å². The summed E-state index contributed by atoms with van der Waals surface area (Å²) in [5.74, 6) is 0.175. The minimum absolute atomic E-state index is 0.311. The first-order chi connectivity index (χ1) is 8.06. The number of aryl methyl sites for hydroxylation is 1. The number of aromatic nitrogens is 1. The smallest absolute Gasteiger partial charge is 0.259 e. The lowest BCUT2D eigenvalue weighted by Crippen LogP contribution is -2.12. The number of thiophene rings is 1. The molecule has 0 unspecified atom stereocenters. The van der Waals surface area contributed by atoms with Gasteiger partial charge in [-0.25, -0.2) is 4.98 Å². The lowest BCUT2D eigenvalue weighted by molar-refractivity contribution is 0.102. The lowest BCUT2D eigenvalue weighted by atomic mass is 10.3. The standard InChI is InChI=1S/C11H8Cl2N2OS/c1-6-2-3-9(14-5-6)15-11(16)7-4-8(12)17-10(7)13/h2-5H,1H3,(H,14,15,16). The molecule has 0 atom stereocenters. The van der Waals surface area contributed by atoms with Crippen LogP contribution < -0.4 is 5.32 Å². The van der Waals surface area contributed by atoms with E-state index in [1.54, 1.807) is 12.3 Å². The van der Waals surface area contributed by atoms with Crippen molar-refractivity contribution in [1.29, 1.82) is 0 Å². The van der Waals surface area contributed by atoms with Crippen LogP contribution in [-0.2, 0) is 0 Å². The fraction of sp³-hybridized carbons (Fsp3) is 0.0909. The average Bonchev–Trinajstić information content (AvgIpc) is 2.61. The van der Waals surface area contributed by atoms with Gasteiger partial charge in [0.2, 0.25) is 0 Å². The van der Waals surface area contributed by atoms with E-state index in [2.05, 4.69) is 10.3 Å². The lowest BCUT2D eigenvalue weighted by Gasteiger charge is -2.03. The third kappa shape index (κ3) is 2.97. The molecule has 0 fully saturated rings. The molecule has 0 saturated carbocycles. The second-order valence-electron chi connectivity index (χ2n) is 3.41. The van der Waals surface area contributed by atoms with Crippen LogP contribution in [0.5, 0.6) is 0 Å². The number of anilines is 1. The van der Waals surface area contributed by atoms with E-state index in [4.69, 9.17) is 23.2 Å². The van der Waals surface area contributed by atoms with E-state index in [0.29, 0.717) is 20.1 Å². The number of carbonyl (C=O) groups excluding carboxylic acids is 1. The normalized spacial score (nSPS) is 10.3. The molecule has 0 spiro atoms. The van der Waals surface area contributed by atoms with E-state index in [1.165, 1.54) is 6.07 Å². The predicted molar refractivity (Wildman–Crippen MR) is 71.3 cm³/mol. The Morgan fingerprint density at radius 2 is 2.18 bits per heavy atom. The molecule has 6 heteroatoms. The monoisotopic (exact) mass is 286 g/mol. The van der Waals surface area contributed by atoms with Gasteiger partial charge in [0.1, 0.15) is 10.2 Å². The molecule has 0 aliphatic rings. The van der Waals surface area contributed by atoms with Gasteiger partial charge in [-0.1, -0.05) is 29.3 Å². The highest BCUT2D eigenvalue weighted by Gasteiger charge is 2.14. The zero-order valence-electron chi connectivity index (χ0n) is 8.83. The maximum absolute atomic E-state index is 11.8. The van der Waals surface area contributed by atoms with E-state index >= 15 is 0 Å². The van der Waals surface area contributed by atoms with Crippen LogP contribution in [0.1, 0.15) is 15.9 Å². The summed E-state index contributed by atoms with van der Waals surface area (Å²) in [5.41, 5.74) is 1.39. The summed E-state index contributed by atoms with van der Waals surface area (Å²) in [6, 6.07) is 5.14. The van der Waals surface area contributed by atoms with E-state index in [9.17, 15) is 4.79 Å². The molecule has 2 aromatic rings. The van der Waals surface area contributed by atoms with Crippen molar-refractivity contribution in [1.82, 2.24) is 4.98 Å². The SMILES string of the molecule is Cc1ccc(NC(=O)c2cc(Cl)sc2Cl)nc1. The molecular formula is C11H8Cl2N2OS. The molecule has 1 amide bonds. The first-order valence-corrected chi connectivity index (χ1v) is 6.32. The van der Waals surface area contributed by atoms with Crippen molar-refractivity contribution in [3.8, 4) is 0 Å². The topological polar surface area (TPSA) is 42.0 Å². The highest BCUT2D eigenvalue weighted by atomic mass is 35.5. The van der Waals surface area contributed by atoms with E-state index < -0.39 is 0 Å². The largest absolute Gasteiger partial charge is 0.306 e. The van der Waals surface area contributed by atoms with Gasteiger partial charge in [0.15, 0.2) is 0 Å². The summed E-state index contributed by atoms with van der Waals surface area (Å²) >= 11 is 12.8. The van der Waals surface area contributed by atoms with Gasteiger partial charge in [-0.15, -0.1) is 11.3 Å². The molecule has 0 aromatic carbocycles. The second-order valence-corrected chi connectivity index (χ2v) is 5.70. The fourth-order valence-electron chi connectivity index (χ4n) is 1.22. The number of amides is 1. The molecule has 2 heterocycles. The van der Waals surface area contributed by atoms with Gasteiger partial charge in [0.05, 0.1) is 9.90 Å². The van der Waals surface area contributed by atoms with Crippen LogP contribution in [0.25, 0.3) is 0 Å². The van der Waals surface area contributed by atoms with Crippen molar-refractivity contribution in [3.63, 3.8) is 0 Å². The molecule has 2 aromatic heterocycles. The third-order valence-corrected chi connectivity index (χ3v) is 3.54. The quantitative estimate of drug-likeness (QED) is 0.906. The van der Waals surface area contributed by atoms with E-state index in [0.717, 1.165) is 16.9 Å². The van der Waals surface area contributed by atoms with Crippen LogP contribution in [0.15, 0.2) is 24.4 Å². The Hall–Kier alpha value is -1.10. The van der Waals surface area contributed by atoms with Gasteiger partial charge in [-0.05, 0) is 24.6 Å². The van der Waals surface area contributed by atoms with Crippen LogP contribution >= 0.6 is 34.5 Å². The first kappa shape index (κ1) is 12.4. The van der Waals surface area contributed by atoms with Crippen molar-refractivity contribution in [2.24, 2.45) is 0 Å². The van der Waals surface area contributed by atoms with Crippen LogP contribution in [0.3, 0.4) is 0 Å². The van der Waals surface area contributed by atoms with Crippen molar-refractivity contribution in [2.45, 2.75) is 6.92 Å². The molecule has 2 rings (SSSR count). The number of hydrogen-bond donors (Lipinski definition) is 1. The van der Waals surface area contributed by atoms with Gasteiger partial charge in [0, 0.05) is 6.20 Å². The molecule has 0 radical (unpaired) electrons. The predicted octanol–water partition coefficient (Wildman–Crippen LogP) is 4.01. The van der Waals surface area contributed by atoms with E-state index in [-0.39, 0.29) is 5.91 Å². The molecule has 88 valence electrons. The summed E-state index contributed by atoms with van der Waals surface area (Å²) in [6.07, 6.45) is 1.68. The van der Waals surface area contributed by atoms with Crippen LogP contribution in [-0.4, -0.2) is 10.9 Å². The number of nitrogens with one attached hydrogen (secondary N) is 1.